The van der Waals surface area contributed by atoms with E-state index in [0.717, 1.165) is 11.3 Å². The maximum absolute atomic E-state index is 11.7. The van der Waals surface area contributed by atoms with Crippen LogP contribution in [-0.4, -0.2) is 38.2 Å². The van der Waals surface area contributed by atoms with Crippen LogP contribution in [0.2, 0.25) is 0 Å². The molecule has 2 rings (SSSR count). The molecule has 0 saturated carbocycles. The largest absolute Gasteiger partial charge is 0.497 e. The van der Waals surface area contributed by atoms with E-state index < -0.39 is 5.79 Å². The quantitative estimate of drug-likeness (QED) is 0.651. The average molecular weight is 278 g/mol. The van der Waals surface area contributed by atoms with Crippen LogP contribution in [0.5, 0.6) is 5.75 Å². The standard InChI is InChI=1S/C14H18N2O4/c1-14(19-6-7-20-14)9-13(17)16-15-10-11-4-3-5-12(8-11)18-2/h3-5,8,10H,6-7,9H2,1-2H3,(H,16,17)/b15-10-. The van der Waals surface area contributed by atoms with Gasteiger partial charge in [0, 0.05) is 0 Å². The third-order valence-corrected chi connectivity index (χ3v) is 2.88. The van der Waals surface area contributed by atoms with Crippen molar-refractivity contribution in [2.75, 3.05) is 20.3 Å². The predicted octanol–water partition coefficient (Wildman–Crippen LogP) is 1.30. The SMILES string of the molecule is COc1cccc(/C=N\NC(=O)CC2(C)OCCO2)c1. The Bertz CT molecular complexity index is 496. The molecule has 0 aromatic heterocycles. The van der Waals surface area contributed by atoms with Crippen LogP contribution in [0, 0.1) is 0 Å². The second-order valence-corrected chi connectivity index (χ2v) is 4.58. The number of carbonyl (C=O) groups excluding carboxylic acids is 1. The van der Waals surface area contributed by atoms with Gasteiger partial charge in [-0.25, -0.2) is 5.43 Å². The van der Waals surface area contributed by atoms with Gasteiger partial charge in [0.2, 0.25) is 5.91 Å². The summed E-state index contributed by atoms with van der Waals surface area (Å²) in [6, 6.07) is 7.37. The Morgan fingerprint density at radius 3 is 2.95 bits per heavy atom. The minimum absolute atomic E-state index is 0.114. The Labute approximate surface area is 117 Å². The Hall–Kier alpha value is -1.92. The van der Waals surface area contributed by atoms with Gasteiger partial charge in [0.15, 0.2) is 5.79 Å². The molecule has 1 amide bonds. The molecule has 0 aliphatic carbocycles. The normalized spacial score (nSPS) is 17.3. The van der Waals surface area contributed by atoms with Crippen LogP contribution >= 0.6 is 0 Å². The van der Waals surface area contributed by atoms with E-state index in [4.69, 9.17) is 14.2 Å². The summed E-state index contributed by atoms with van der Waals surface area (Å²) < 4.78 is 15.8. The molecule has 20 heavy (non-hydrogen) atoms. The van der Waals surface area contributed by atoms with E-state index in [0.29, 0.717) is 13.2 Å². The third kappa shape index (κ3) is 4.04. The van der Waals surface area contributed by atoms with Crippen molar-refractivity contribution in [2.45, 2.75) is 19.1 Å². The summed E-state index contributed by atoms with van der Waals surface area (Å²) in [6.45, 7) is 2.76. The lowest BCUT2D eigenvalue weighted by molar-refractivity contribution is -0.159. The van der Waals surface area contributed by atoms with Gasteiger partial charge in [-0.1, -0.05) is 12.1 Å². The molecule has 0 atom stereocenters. The molecule has 1 N–H and O–H groups in total. The highest BCUT2D eigenvalue weighted by atomic mass is 16.7. The Morgan fingerprint density at radius 2 is 2.25 bits per heavy atom. The van der Waals surface area contributed by atoms with Crippen molar-refractivity contribution in [3.63, 3.8) is 0 Å². The van der Waals surface area contributed by atoms with Crippen molar-refractivity contribution in [2.24, 2.45) is 5.10 Å². The number of hydrogen-bond acceptors (Lipinski definition) is 5. The number of hydrazone groups is 1. The molecule has 0 spiro atoms. The highest BCUT2D eigenvalue weighted by Gasteiger charge is 2.33. The van der Waals surface area contributed by atoms with Gasteiger partial charge >= 0.3 is 0 Å². The number of amides is 1. The molecular weight excluding hydrogens is 260 g/mol. The second-order valence-electron chi connectivity index (χ2n) is 4.58. The molecular formula is C14H18N2O4. The number of benzene rings is 1. The maximum Gasteiger partial charge on any atom is 0.245 e. The van der Waals surface area contributed by atoms with Crippen LogP contribution in [0.3, 0.4) is 0 Å². The Balaban J connectivity index is 1.84. The van der Waals surface area contributed by atoms with Gasteiger partial charge in [0.1, 0.15) is 5.75 Å². The molecule has 108 valence electrons. The van der Waals surface area contributed by atoms with Crippen LogP contribution in [0.4, 0.5) is 0 Å². The zero-order valence-corrected chi connectivity index (χ0v) is 11.6. The molecule has 0 radical (unpaired) electrons. The molecule has 1 heterocycles. The number of carbonyl (C=O) groups is 1. The highest BCUT2D eigenvalue weighted by Crippen LogP contribution is 2.22. The van der Waals surface area contributed by atoms with Crippen molar-refractivity contribution < 1.29 is 19.0 Å². The first-order valence-corrected chi connectivity index (χ1v) is 6.35. The summed E-state index contributed by atoms with van der Waals surface area (Å²) in [7, 11) is 1.60. The minimum Gasteiger partial charge on any atom is -0.497 e. The zero-order chi connectivity index (χ0) is 14.4. The summed E-state index contributed by atoms with van der Waals surface area (Å²) in [5.74, 6) is -0.357. The molecule has 6 nitrogen and oxygen atoms in total. The van der Waals surface area contributed by atoms with Gasteiger partial charge in [-0.2, -0.15) is 5.10 Å². The third-order valence-electron chi connectivity index (χ3n) is 2.88. The van der Waals surface area contributed by atoms with Gasteiger partial charge in [0.25, 0.3) is 0 Å². The lowest BCUT2D eigenvalue weighted by Gasteiger charge is -2.20. The smallest absolute Gasteiger partial charge is 0.245 e. The van der Waals surface area contributed by atoms with Crippen LogP contribution in [0.1, 0.15) is 18.9 Å². The van der Waals surface area contributed by atoms with E-state index >= 15 is 0 Å². The van der Waals surface area contributed by atoms with E-state index in [2.05, 4.69) is 10.5 Å². The maximum atomic E-state index is 11.7. The highest BCUT2D eigenvalue weighted by molar-refractivity contribution is 5.83. The molecule has 0 unspecified atom stereocenters. The molecule has 1 aromatic rings. The zero-order valence-electron chi connectivity index (χ0n) is 11.6. The van der Waals surface area contributed by atoms with Gasteiger partial charge < -0.3 is 14.2 Å². The fourth-order valence-corrected chi connectivity index (χ4v) is 1.89. The van der Waals surface area contributed by atoms with Crippen LogP contribution in [-0.2, 0) is 14.3 Å². The van der Waals surface area contributed by atoms with E-state index in [-0.39, 0.29) is 12.3 Å². The predicted molar refractivity (Wildman–Crippen MR) is 73.7 cm³/mol. The number of ether oxygens (including phenoxy) is 3. The topological polar surface area (TPSA) is 69.2 Å². The lowest BCUT2D eigenvalue weighted by Crippen LogP contribution is -2.33. The monoisotopic (exact) mass is 278 g/mol. The van der Waals surface area contributed by atoms with E-state index in [1.165, 1.54) is 0 Å². The van der Waals surface area contributed by atoms with Crippen molar-refractivity contribution >= 4 is 12.1 Å². The number of methoxy groups -OCH3 is 1. The van der Waals surface area contributed by atoms with Crippen molar-refractivity contribution in [1.29, 1.82) is 0 Å². The first kappa shape index (κ1) is 14.5. The first-order valence-electron chi connectivity index (χ1n) is 6.35. The molecule has 0 bridgehead atoms. The molecule has 1 fully saturated rings. The lowest BCUT2D eigenvalue weighted by atomic mass is 10.2. The van der Waals surface area contributed by atoms with Crippen molar-refractivity contribution in [3.8, 4) is 5.75 Å². The fourth-order valence-electron chi connectivity index (χ4n) is 1.89. The minimum atomic E-state index is -0.838. The summed E-state index contributed by atoms with van der Waals surface area (Å²) >= 11 is 0. The van der Waals surface area contributed by atoms with Crippen molar-refractivity contribution in [3.05, 3.63) is 29.8 Å². The number of hydrogen-bond donors (Lipinski definition) is 1. The van der Waals surface area contributed by atoms with Gasteiger partial charge in [-0.05, 0) is 24.6 Å². The summed E-state index contributed by atoms with van der Waals surface area (Å²) in [6.07, 6.45) is 1.67. The molecule has 1 saturated heterocycles. The van der Waals surface area contributed by atoms with Crippen LogP contribution in [0.25, 0.3) is 0 Å². The van der Waals surface area contributed by atoms with E-state index in [9.17, 15) is 4.79 Å². The van der Waals surface area contributed by atoms with E-state index in [1.807, 2.05) is 24.3 Å². The number of rotatable bonds is 5. The van der Waals surface area contributed by atoms with E-state index in [1.54, 1.807) is 20.2 Å². The average Bonchev–Trinajstić information content (AvgIpc) is 2.85. The van der Waals surface area contributed by atoms with Gasteiger partial charge in [0.05, 0.1) is 33.0 Å². The summed E-state index contributed by atoms with van der Waals surface area (Å²) in [4.78, 5) is 11.7. The Kier molecular flexibility index (Phi) is 4.70. The van der Waals surface area contributed by atoms with Crippen molar-refractivity contribution in [1.82, 2.24) is 5.43 Å². The molecule has 1 aliphatic heterocycles. The number of nitrogens with zero attached hydrogens (tertiary/aromatic N) is 1. The molecule has 1 aromatic carbocycles. The first-order chi connectivity index (χ1) is 9.61. The molecule has 6 heteroatoms. The van der Waals surface area contributed by atoms with Crippen LogP contribution in [0.15, 0.2) is 29.4 Å². The number of nitrogens with one attached hydrogen (secondary N) is 1. The molecule has 1 aliphatic rings. The van der Waals surface area contributed by atoms with Gasteiger partial charge in [-0.15, -0.1) is 0 Å². The van der Waals surface area contributed by atoms with Crippen LogP contribution < -0.4 is 10.2 Å². The van der Waals surface area contributed by atoms with Gasteiger partial charge in [-0.3, -0.25) is 4.79 Å². The Morgan fingerprint density at radius 1 is 1.50 bits per heavy atom. The summed E-state index contributed by atoms with van der Waals surface area (Å²) in [5.41, 5.74) is 3.29. The fraction of sp³-hybridized carbons (Fsp3) is 0.429. The second kappa shape index (κ2) is 6.49. The summed E-state index contributed by atoms with van der Waals surface area (Å²) in [5, 5.41) is 3.90.